The summed E-state index contributed by atoms with van der Waals surface area (Å²) in [7, 11) is 5.95. The maximum Gasteiger partial charge on any atom is 0.306 e. The van der Waals surface area contributed by atoms with Crippen LogP contribution in [0, 0.1) is 0 Å². The summed E-state index contributed by atoms with van der Waals surface area (Å²) in [5, 5.41) is 11.9. The van der Waals surface area contributed by atoms with E-state index in [0.717, 1.165) is 64.2 Å². The third kappa shape index (κ3) is 79.9. The number of carboxylic acid groups (broad SMARTS) is 1. The van der Waals surface area contributed by atoms with E-state index in [9.17, 15) is 19.5 Å². The molecule has 566 valence electrons. The second kappa shape index (κ2) is 78.4. The van der Waals surface area contributed by atoms with Gasteiger partial charge in [-0.2, -0.15) is 0 Å². The molecule has 0 amide bonds. The number of likely N-dealkylation sites (N-methyl/N-ethyl adjacent to an activating group) is 1. The Balaban J connectivity index is 3.95. The van der Waals surface area contributed by atoms with E-state index in [4.69, 9.17) is 18.9 Å². The van der Waals surface area contributed by atoms with E-state index in [-0.39, 0.29) is 32.2 Å². The second-order valence-corrected chi connectivity index (χ2v) is 29.7. The van der Waals surface area contributed by atoms with Crippen LogP contribution in [0.1, 0.15) is 412 Å². The van der Waals surface area contributed by atoms with Crippen LogP contribution < -0.4 is 5.11 Å². The Hall–Kier alpha value is -3.27. The molecule has 97 heavy (non-hydrogen) atoms. The van der Waals surface area contributed by atoms with Gasteiger partial charge in [-0.25, -0.2) is 0 Å². The van der Waals surface area contributed by atoms with Crippen molar-refractivity contribution in [3.8, 4) is 0 Å². The number of rotatable bonds is 79. The summed E-state index contributed by atoms with van der Waals surface area (Å²) in [6, 6.07) is 0. The number of hydrogen-bond acceptors (Lipinski definition) is 8. The molecule has 0 aromatic rings. The lowest BCUT2D eigenvalue weighted by atomic mass is 10.0. The van der Waals surface area contributed by atoms with E-state index in [1.807, 2.05) is 21.1 Å². The van der Waals surface area contributed by atoms with Gasteiger partial charge in [0.05, 0.1) is 40.3 Å². The number of aliphatic carboxylic acids is 1. The highest BCUT2D eigenvalue weighted by atomic mass is 16.7. The van der Waals surface area contributed by atoms with Gasteiger partial charge in [-0.05, 0) is 83.5 Å². The summed E-state index contributed by atoms with van der Waals surface area (Å²) >= 11 is 0. The number of nitrogens with zero attached hydrogens (tertiary/aromatic N) is 1. The molecule has 0 aliphatic heterocycles. The van der Waals surface area contributed by atoms with Crippen LogP contribution in [0.5, 0.6) is 0 Å². The first kappa shape index (κ1) is 93.7. The minimum absolute atomic E-state index is 0.149. The van der Waals surface area contributed by atoms with Crippen molar-refractivity contribution < 1.29 is 42.9 Å². The maximum atomic E-state index is 13.0. The molecule has 2 unspecified atom stereocenters. The fourth-order valence-corrected chi connectivity index (χ4v) is 12.6. The summed E-state index contributed by atoms with van der Waals surface area (Å²) in [5.41, 5.74) is 0. The molecule has 0 bridgehead atoms. The normalized spacial score (nSPS) is 13.0. The van der Waals surface area contributed by atoms with Crippen LogP contribution in [0.25, 0.3) is 0 Å². The summed E-state index contributed by atoms with van der Waals surface area (Å²) in [6.07, 6.45) is 103. The summed E-state index contributed by atoms with van der Waals surface area (Å²) in [5.74, 6) is -2.25. The zero-order chi connectivity index (χ0) is 70.4. The van der Waals surface area contributed by atoms with Crippen LogP contribution in [-0.2, 0) is 33.3 Å². The average Bonchev–Trinajstić information content (AvgIpc) is 3.74. The molecule has 9 nitrogen and oxygen atoms in total. The number of unbranched alkanes of at least 4 members (excludes halogenated alkanes) is 52. The Labute approximate surface area is 602 Å². The van der Waals surface area contributed by atoms with E-state index in [2.05, 4.69) is 86.8 Å². The molecule has 0 radical (unpaired) electrons. The lowest BCUT2D eigenvalue weighted by Crippen LogP contribution is -2.44. The first-order chi connectivity index (χ1) is 47.6. The van der Waals surface area contributed by atoms with Crippen molar-refractivity contribution in [1.82, 2.24) is 0 Å². The Bertz CT molecular complexity index is 1830. The molecular weight excluding hydrogens is 1200 g/mol. The molecule has 2 atom stereocenters. The van der Waals surface area contributed by atoms with E-state index >= 15 is 0 Å². The third-order valence-corrected chi connectivity index (χ3v) is 18.9. The molecule has 0 saturated carbocycles. The standard InChI is InChI=1S/C88H161NO8/c1-6-8-10-12-14-16-18-20-22-24-26-28-30-32-34-36-38-40-42-43-45-46-48-50-52-54-56-58-60-62-64-66-68-70-72-74-76-78-85(90)95-82-84(83-96-88(87(92)93)94-81-80-89(3,4)5)97-86(91)79-77-75-73-71-69-67-65-63-61-59-57-55-53-51-49-47-44-41-39-37-35-33-31-29-27-25-23-21-19-17-15-13-11-9-7-2/h9,11,15,17,21,23-24,26-27,29,33,35,84,88H,6-8,10,12-14,16,18-20,22,25,28,30-32,34,36-83H2,1-5H3/b11-9-,17-15-,23-21-,26-24-,29-27-,35-33-. The fourth-order valence-electron chi connectivity index (χ4n) is 12.6. The van der Waals surface area contributed by atoms with Crippen LogP contribution in [0.4, 0.5) is 0 Å². The highest BCUT2D eigenvalue weighted by Gasteiger charge is 2.22. The summed E-state index contributed by atoms with van der Waals surface area (Å²) < 4.78 is 22.9. The maximum absolute atomic E-state index is 13.0. The van der Waals surface area contributed by atoms with E-state index in [1.54, 1.807) is 0 Å². The van der Waals surface area contributed by atoms with E-state index < -0.39 is 24.3 Å². The molecule has 0 heterocycles. The predicted octanol–water partition coefficient (Wildman–Crippen LogP) is 25.8. The molecular formula is C88H161NO8. The molecule has 0 aliphatic carbocycles. The zero-order valence-electron chi connectivity index (χ0n) is 65.0. The molecule has 0 saturated heterocycles. The Morgan fingerprint density at radius 3 is 0.887 bits per heavy atom. The number of allylic oxidation sites excluding steroid dienone is 12. The van der Waals surface area contributed by atoms with Gasteiger partial charge in [0.1, 0.15) is 13.2 Å². The summed E-state index contributed by atoms with van der Waals surface area (Å²) in [4.78, 5) is 37.6. The highest BCUT2D eigenvalue weighted by Crippen LogP contribution is 2.20. The lowest BCUT2D eigenvalue weighted by Gasteiger charge is -2.26. The molecule has 0 N–H and O–H groups in total. The Morgan fingerprint density at radius 1 is 0.320 bits per heavy atom. The van der Waals surface area contributed by atoms with Crippen molar-refractivity contribution in [3.63, 3.8) is 0 Å². The van der Waals surface area contributed by atoms with Gasteiger partial charge in [-0.15, -0.1) is 0 Å². The topological polar surface area (TPSA) is 111 Å². The van der Waals surface area contributed by atoms with Gasteiger partial charge < -0.3 is 33.3 Å². The highest BCUT2D eigenvalue weighted by molar-refractivity contribution is 5.70. The SMILES string of the molecule is CC/C=C\C/C=C\C/C=C\C/C=C\C/C=C\CCCCCCCCCCCCCCCCCCCCCC(=O)OC(COC(=O)CCCCCCCCCCCCCCCCCCCCCCCCCCC/C=C\CCCCCCCCCC)COC(OCC[N+](C)(C)C)C(=O)[O-]. The molecule has 9 heteroatoms. The molecule has 0 aromatic heterocycles. The smallest absolute Gasteiger partial charge is 0.306 e. The first-order valence-electron chi connectivity index (χ1n) is 42.1. The quantitative estimate of drug-likeness (QED) is 0.0195. The summed E-state index contributed by atoms with van der Waals surface area (Å²) in [6.45, 7) is 4.70. The van der Waals surface area contributed by atoms with E-state index in [0.29, 0.717) is 23.9 Å². The van der Waals surface area contributed by atoms with Crippen molar-refractivity contribution in [1.29, 1.82) is 0 Å². The van der Waals surface area contributed by atoms with Gasteiger partial charge in [0.2, 0.25) is 0 Å². The van der Waals surface area contributed by atoms with Crippen molar-refractivity contribution in [2.24, 2.45) is 0 Å². The molecule has 0 aromatic carbocycles. The number of carbonyl (C=O) groups excluding carboxylic acids is 3. The Morgan fingerprint density at radius 2 is 0.588 bits per heavy atom. The Kier molecular flexibility index (Phi) is 75.8. The zero-order valence-corrected chi connectivity index (χ0v) is 65.0. The van der Waals surface area contributed by atoms with Crippen LogP contribution in [-0.4, -0.2) is 82.3 Å². The van der Waals surface area contributed by atoms with Gasteiger partial charge in [0.25, 0.3) is 0 Å². The number of ether oxygens (including phenoxy) is 4. The van der Waals surface area contributed by atoms with Crippen molar-refractivity contribution in [2.75, 3.05) is 47.5 Å². The number of carboxylic acids is 1. The number of esters is 2. The lowest BCUT2D eigenvalue weighted by molar-refractivity contribution is -0.870. The largest absolute Gasteiger partial charge is 0.545 e. The van der Waals surface area contributed by atoms with Crippen molar-refractivity contribution in [2.45, 2.75) is 424 Å². The average molecular weight is 1360 g/mol. The van der Waals surface area contributed by atoms with Gasteiger partial charge in [-0.3, -0.25) is 9.59 Å². The van der Waals surface area contributed by atoms with Gasteiger partial charge >= 0.3 is 11.9 Å². The fraction of sp³-hybridized carbons (Fsp3) is 0.830. The minimum atomic E-state index is -1.62. The molecule has 0 aliphatic rings. The number of quaternary nitrogens is 1. The van der Waals surface area contributed by atoms with Crippen LogP contribution in [0.15, 0.2) is 72.9 Å². The molecule has 0 spiro atoms. The van der Waals surface area contributed by atoms with Gasteiger partial charge in [0, 0.05) is 12.8 Å². The number of carbonyl (C=O) groups is 3. The van der Waals surface area contributed by atoms with Crippen LogP contribution in [0.2, 0.25) is 0 Å². The first-order valence-corrected chi connectivity index (χ1v) is 42.1. The monoisotopic (exact) mass is 1360 g/mol. The van der Waals surface area contributed by atoms with Gasteiger partial charge in [0.15, 0.2) is 12.4 Å². The van der Waals surface area contributed by atoms with Crippen LogP contribution in [0.3, 0.4) is 0 Å². The molecule has 0 fully saturated rings. The predicted molar refractivity (Wildman–Crippen MR) is 417 cm³/mol. The minimum Gasteiger partial charge on any atom is -0.545 e. The number of hydrogen-bond donors (Lipinski definition) is 0. The third-order valence-electron chi connectivity index (χ3n) is 18.9. The molecule has 0 rings (SSSR count). The second-order valence-electron chi connectivity index (χ2n) is 29.7. The van der Waals surface area contributed by atoms with E-state index in [1.165, 1.54) is 315 Å². The van der Waals surface area contributed by atoms with Crippen molar-refractivity contribution in [3.05, 3.63) is 72.9 Å². The van der Waals surface area contributed by atoms with Gasteiger partial charge in [-0.1, -0.05) is 389 Å². The van der Waals surface area contributed by atoms with Crippen LogP contribution >= 0.6 is 0 Å². The van der Waals surface area contributed by atoms with Crippen molar-refractivity contribution >= 4 is 17.9 Å².